The van der Waals surface area contributed by atoms with Gasteiger partial charge in [0.1, 0.15) is 6.61 Å². The van der Waals surface area contributed by atoms with E-state index in [1.165, 1.54) is 0 Å². The molecule has 0 N–H and O–H groups in total. The maximum atomic E-state index is 12.5. The Morgan fingerprint density at radius 2 is 1.74 bits per heavy atom. The van der Waals surface area contributed by atoms with E-state index in [1.807, 2.05) is 19.0 Å². The summed E-state index contributed by atoms with van der Waals surface area (Å²) < 4.78 is 5.51. The van der Waals surface area contributed by atoms with Gasteiger partial charge in [0, 0.05) is 6.54 Å². The van der Waals surface area contributed by atoms with Gasteiger partial charge in [-0.05, 0) is 38.8 Å². The van der Waals surface area contributed by atoms with E-state index in [2.05, 4.69) is 41.5 Å². The Hall–Kier alpha value is -0.570. The number of hydrogen-bond acceptors (Lipinski definition) is 3. The third-order valence-corrected chi connectivity index (χ3v) is 3.84. The first kappa shape index (κ1) is 18.4. The molecule has 2 unspecified atom stereocenters. The molecule has 19 heavy (non-hydrogen) atoms. The Labute approximate surface area is 119 Å². The average molecular weight is 271 g/mol. The van der Waals surface area contributed by atoms with Crippen LogP contribution in [0.3, 0.4) is 0 Å². The molecule has 0 saturated heterocycles. The van der Waals surface area contributed by atoms with E-state index < -0.39 is 0 Å². The molecule has 0 amide bonds. The van der Waals surface area contributed by atoms with Crippen molar-refractivity contribution in [3.63, 3.8) is 0 Å². The quantitative estimate of drug-likeness (QED) is 0.663. The fourth-order valence-electron chi connectivity index (χ4n) is 2.49. The van der Waals surface area contributed by atoms with E-state index in [4.69, 9.17) is 4.74 Å². The van der Waals surface area contributed by atoms with Gasteiger partial charge in [0.25, 0.3) is 0 Å². The molecule has 0 rings (SSSR count). The predicted octanol–water partition coefficient (Wildman–Crippen LogP) is 3.58. The van der Waals surface area contributed by atoms with Crippen LogP contribution in [0, 0.1) is 16.7 Å². The first-order valence-electron chi connectivity index (χ1n) is 7.35. The van der Waals surface area contributed by atoms with E-state index in [0.717, 1.165) is 19.4 Å². The maximum absolute atomic E-state index is 12.5. The molecule has 0 radical (unpaired) electrons. The zero-order valence-corrected chi connectivity index (χ0v) is 14.2. The molecule has 0 aliphatic carbocycles. The second-order valence-electron chi connectivity index (χ2n) is 7.40. The summed E-state index contributed by atoms with van der Waals surface area (Å²) in [6.45, 7) is 14.1. The largest absolute Gasteiger partial charge is 0.464 e. The van der Waals surface area contributed by atoms with Gasteiger partial charge in [-0.2, -0.15) is 0 Å². The summed E-state index contributed by atoms with van der Waals surface area (Å²) in [5, 5.41) is 0. The molecule has 0 aliphatic heterocycles. The highest BCUT2D eigenvalue weighted by molar-refractivity contribution is 5.76. The summed E-state index contributed by atoms with van der Waals surface area (Å²) >= 11 is 0. The fourth-order valence-corrected chi connectivity index (χ4v) is 2.49. The van der Waals surface area contributed by atoms with Crippen LogP contribution < -0.4 is 0 Å². The van der Waals surface area contributed by atoms with Crippen molar-refractivity contribution in [1.82, 2.24) is 4.90 Å². The Morgan fingerprint density at radius 3 is 2.11 bits per heavy atom. The molecule has 0 spiro atoms. The molecule has 3 heteroatoms. The summed E-state index contributed by atoms with van der Waals surface area (Å²) in [4.78, 5) is 14.5. The molecule has 114 valence electrons. The molecular formula is C16H33NO2. The first-order chi connectivity index (χ1) is 8.53. The molecule has 0 aromatic rings. The summed E-state index contributed by atoms with van der Waals surface area (Å²) in [5.74, 6) is 0.289. The van der Waals surface area contributed by atoms with Crippen molar-refractivity contribution in [2.45, 2.75) is 54.4 Å². The number of ether oxygens (including phenoxy) is 1. The Bertz CT molecular complexity index is 281. The van der Waals surface area contributed by atoms with Crippen LogP contribution in [0.1, 0.15) is 54.4 Å². The molecular weight excluding hydrogens is 238 g/mol. The first-order valence-corrected chi connectivity index (χ1v) is 7.35. The van der Waals surface area contributed by atoms with Gasteiger partial charge in [-0.3, -0.25) is 4.79 Å². The fraction of sp³-hybridized carbons (Fsp3) is 0.938. The van der Waals surface area contributed by atoms with Crippen molar-refractivity contribution in [3.05, 3.63) is 0 Å². The SMILES string of the molecule is CCC(C)C(C)(CC(C)(C)C)C(=O)OCCN(C)C. The molecule has 0 bridgehead atoms. The van der Waals surface area contributed by atoms with Gasteiger partial charge in [0.05, 0.1) is 5.41 Å². The van der Waals surface area contributed by atoms with E-state index in [0.29, 0.717) is 12.5 Å². The van der Waals surface area contributed by atoms with Gasteiger partial charge in [-0.15, -0.1) is 0 Å². The van der Waals surface area contributed by atoms with E-state index in [-0.39, 0.29) is 16.8 Å². The highest BCUT2D eigenvalue weighted by Gasteiger charge is 2.42. The van der Waals surface area contributed by atoms with Crippen molar-refractivity contribution in [2.24, 2.45) is 16.7 Å². The van der Waals surface area contributed by atoms with Gasteiger partial charge >= 0.3 is 5.97 Å². The Balaban J connectivity index is 4.79. The van der Waals surface area contributed by atoms with Crippen LogP contribution in [0.2, 0.25) is 0 Å². The minimum Gasteiger partial charge on any atom is -0.464 e. The van der Waals surface area contributed by atoms with Gasteiger partial charge in [-0.1, -0.05) is 41.0 Å². The average Bonchev–Trinajstić information content (AvgIpc) is 2.24. The number of esters is 1. The molecule has 0 aromatic carbocycles. The Kier molecular flexibility index (Phi) is 7.06. The lowest BCUT2D eigenvalue weighted by molar-refractivity contribution is -0.160. The maximum Gasteiger partial charge on any atom is 0.312 e. The van der Waals surface area contributed by atoms with E-state index in [1.54, 1.807) is 0 Å². The zero-order chi connectivity index (χ0) is 15.3. The molecule has 0 aliphatic rings. The zero-order valence-electron chi connectivity index (χ0n) is 14.2. The normalized spacial score (nSPS) is 17.1. The highest BCUT2D eigenvalue weighted by atomic mass is 16.5. The number of carbonyl (C=O) groups excluding carboxylic acids is 1. The monoisotopic (exact) mass is 271 g/mol. The number of nitrogens with zero attached hydrogens (tertiary/aromatic N) is 1. The van der Waals surface area contributed by atoms with E-state index in [9.17, 15) is 4.79 Å². The van der Waals surface area contributed by atoms with Crippen molar-refractivity contribution >= 4 is 5.97 Å². The standard InChI is InChI=1S/C16H33NO2/c1-9-13(2)16(6,12-15(3,4)5)14(18)19-11-10-17(7)8/h13H,9-12H2,1-8H3. The van der Waals surface area contributed by atoms with Crippen LogP contribution in [0.15, 0.2) is 0 Å². The van der Waals surface area contributed by atoms with Crippen LogP contribution in [-0.2, 0) is 9.53 Å². The van der Waals surface area contributed by atoms with Gasteiger partial charge in [0.15, 0.2) is 0 Å². The third kappa shape index (κ3) is 6.42. The Morgan fingerprint density at radius 1 is 1.21 bits per heavy atom. The van der Waals surface area contributed by atoms with Crippen molar-refractivity contribution in [2.75, 3.05) is 27.2 Å². The molecule has 0 fully saturated rings. The lowest BCUT2D eigenvalue weighted by Gasteiger charge is -2.38. The van der Waals surface area contributed by atoms with Crippen LogP contribution >= 0.6 is 0 Å². The molecule has 3 nitrogen and oxygen atoms in total. The molecule has 2 atom stereocenters. The number of hydrogen-bond donors (Lipinski definition) is 0. The van der Waals surface area contributed by atoms with Gasteiger partial charge in [0.2, 0.25) is 0 Å². The van der Waals surface area contributed by atoms with Crippen LogP contribution in [0.25, 0.3) is 0 Å². The van der Waals surface area contributed by atoms with Gasteiger partial charge in [-0.25, -0.2) is 0 Å². The molecule has 0 saturated carbocycles. The number of carbonyl (C=O) groups is 1. The lowest BCUT2D eigenvalue weighted by atomic mass is 9.67. The minimum atomic E-state index is -0.390. The topological polar surface area (TPSA) is 29.5 Å². The second-order valence-corrected chi connectivity index (χ2v) is 7.40. The minimum absolute atomic E-state index is 0.0429. The van der Waals surface area contributed by atoms with Crippen LogP contribution in [0.4, 0.5) is 0 Å². The molecule has 0 aromatic heterocycles. The van der Waals surface area contributed by atoms with Crippen LogP contribution in [-0.4, -0.2) is 38.1 Å². The number of likely N-dealkylation sites (N-methyl/N-ethyl adjacent to an activating group) is 1. The van der Waals surface area contributed by atoms with Crippen molar-refractivity contribution in [3.8, 4) is 0 Å². The predicted molar refractivity (Wildman–Crippen MR) is 81.1 cm³/mol. The van der Waals surface area contributed by atoms with Crippen molar-refractivity contribution in [1.29, 1.82) is 0 Å². The second kappa shape index (κ2) is 7.28. The van der Waals surface area contributed by atoms with E-state index >= 15 is 0 Å². The van der Waals surface area contributed by atoms with Crippen LogP contribution in [0.5, 0.6) is 0 Å². The lowest BCUT2D eigenvalue weighted by Crippen LogP contribution is -2.40. The smallest absolute Gasteiger partial charge is 0.312 e. The van der Waals surface area contributed by atoms with Crippen molar-refractivity contribution < 1.29 is 9.53 Å². The van der Waals surface area contributed by atoms with Gasteiger partial charge < -0.3 is 9.64 Å². The summed E-state index contributed by atoms with van der Waals surface area (Å²) in [6, 6.07) is 0. The summed E-state index contributed by atoms with van der Waals surface area (Å²) in [6.07, 6.45) is 1.85. The highest BCUT2D eigenvalue weighted by Crippen LogP contribution is 2.41. The third-order valence-electron chi connectivity index (χ3n) is 3.84. The summed E-state index contributed by atoms with van der Waals surface area (Å²) in [7, 11) is 3.97. The number of rotatable bonds is 7. The summed E-state index contributed by atoms with van der Waals surface area (Å²) in [5.41, 5.74) is -0.266. The molecule has 0 heterocycles.